The molecule has 9 heteroatoms. The van der Waals surface area contributed by atoms with E-state index in [0.29, 0.717) is 0 Å². The number of amides is 1. The molecule has 0 bridgehead atoms. The van der Waals surface area contributed by atoms with E-state index in [9.17, 15) is 28.1 Å². The summed E-state index contributed by atoms with van der Waals surface area (Å²) in [6.45, 7) is 1.40. The van der Waals surface area contributed by atoms with Crippen LogP contribution in [-0.4, -0.2) is 28.8 Å². The van der Waals surface area contributed by atoms with Crippen molar-refractivity contribution >= 4 is 17.3 Å². The standard InChI is InChI=1S/C18H18F3N3O3/c1-12(17(25)22-15-9-5-6-10-16(15)24(26)27)23(2)11-13-7-3-4-8-14(13)18(19,20)21/h3-10,12H,11H2,1-2H3,(H,22,25). The van der Waals surface area contributed by atoms with Crippen molar-refractivity contribution in [3.63, 3.8) is 0 Å². The number of carbonyl (C=O) groups excluding carboxylic acids is 1. The smallest absolute Gasteiger partial charge is 0.319 e. The van der Waals surface area contributed by atoms with Gasteiger partial charge in [-0.2, -0.15) is 13.2 Å². The molecule has 0 aliphatic rings. The number of benzene rings is 2. The van der Waals surface area contributed by atoms with Crippen LogP contribution >= 0.6 is 0 Å². The third kappa shape index (κ3) is 5.04. The lowest BCUT2D eigenvalue weighted by molar-refractivity contribution is -0.383. The Kier molecular flexibility index (Phi) is 6.17. The fourth-order valence-corrected chi connectivity index (χ4v) is 2.52. The highest BCUT2D eigenvalue weighted by molar-refractivity contribution is 5.96. The minimum absolute atomic E-state index is 0.0310. The van der Waals surface area contributed by atoms with Gasteiger partial charge in [-0.1, -0.05) is 30.3 Å². The van der Waals surface area contributed by atoms with Gasteiger partial charge in [0.15, 0.2) is 0 Å². The molecule has 27 heavy (non-hydrogen) atoms. The molecule has 0 saturated carbocycles. The molecule has 1 N–H and O–H groups in total. The van der Waals surface area contributed by atoms with Crippen molar-refractivity contribution in [2.24, 2.45) is 0 Å². The van der Waals surface area contributed by atoms with E-state index in [0.717, 1.165) is 6.07 Å². The van der Waals surface area contributed by atoms with Gasteiger partial charge in [-0.3, -0.25) is 19.8 Å². The van der Waals surface area contributed by atoms with E-state index >= 15 is 0 Å². The van der Waals surface area contributed by atoms with Gasteiger partial charge in [0.1, 0.15) is 5.69 Å². The van der Waals surface area contributed by atoms with Gasteiger partial charge in [-0.25, -0.2) is 0 Å². The molecule has 0 aliphatic heterocycles. The number of carbonyl (C=O) groups is 1. The molecule has 0 spiro atoms. The second-order valence-electron chi connectivity index (χ2n) is 6.01. The molecule has 2 rings (SSSR count). The highest BCUT2D eigenvalue weighted by Gasteiger charge is 2.33. The zero-order chi connectivity index (χ0) is 20.2. The van der Waals surface area contributed by atoms with Gasteiger partial charge in [-0.15, -0.1) is 0 Å². The Balaban J connectivity index is 2.13. The second-order valence-corrected chi connectivity index (χ2v) is 6.01. The van der Waals surface area contributed by atoms with Crippen molar-refractivity contribution in [1.82, 2.24) is 4.90 Å². The number of halogens is 3. The summed E-state index contributed by atoms with van der Waals surface area (Å²) in [7, 11) is 1.51. The largest absolute Gasteiger partial charge is 0.416 e. The predicted octanol–water partition coefficient (Wildman–Crippen LogP) is 4.07. The van der Waals surface area contributed by atoms with E-state index in [-0.39, 0.29) is 23.5 Å². The zero-order valence-electron chi connectivity index (χ0n) is 14.7. The molecule has 144 valence electrons. The minimum atomic E-state index is -4.49. The van der Waals surface area contributed by atoms with Crippen LogP contribution in [0.15, 0.2) is 48.5 Å². The van der Waals surface area contributed by atoms with Crippen molar-refractivity contribution in [3.05, 3.63) is 69.8 Å². The first kappa shape index (κ1) is 20.4. The lowest BCUT2D eigenvalue weighted by Crippen LogP contribution is -2.39. The number of para-hydroxylation sites is 2. The number of likely N-dealkylation sites (N-methyl/N-ethyl adjacent to an activating group) is 1. The number of nitrogens with one attached hydrogen (secondary N) is 1. The molecule has 2 aromatic rings. The number of hydrogen-bond acceptors (Lipinski definition) is 4. The summed E-state index contributed by atoms with van der Waals surface area (Å²) in [5.41, 5.74) is -0.951. The molecule has 0 fully saturated rings. The maximum Gasteiger partial charge on any atom is 0.416 e. The van der Waals surface area contributed by atoms with Crippen molar-refractivity contribution in [3.8, 4) is 0 Å². The molecule has 0 radical (unpaired) electrons. The molecule has 0 saturated heterocycles. The van der Waals surface area contributed by atoms with Gasteiger partial charge in [0, 0.05) is 12.6 Å². The molecule has 0 aliphatic carbocycles. The SMILES string of the molecule is CC(C(=O)Nc1ccccc1[N+](=O)[O-])N(C)Cc1ccccc1C(F)(F)F. The average molecular weight is 381 g/mol. The van der Waals surface area contributed by atoms with Crippen LogP contribution in [0.5, 0.6) is 0 Å². The summed E-state index contributed by atoms with van der Waals surface area (Å²) >= 11 is 0. The quantitative estimate of drug-likeness (QED) is 0.605. The molecule has 2 aromatic carbocycles. The van der Waals surface area contributed by atoms with Crippen LogP contribution in [0.1, 0.15) is 18.1 Å². The average Bonchev–Trinajstić information content (AvgIpc) is 2.60. The van der Waals surface area contributed by atoms with Gasteiger partial charge in [0.05, 0.1) is 16.5 Å². The zero-order valence-corrected chi connectivity index (χ0v) is 14.7. The lowest BCUT2D eigenvalue weighted by Gasteiger charge is -2.25. The second kappa shape index (κ2) is 8.17. The normalized spacial score (nSPS) is 12.7. The molecule has 1 atom stereocenters. The van der Waals surface area contributed by atoms with Gasteiger partial charge in [0.25, 0.3) is 5.69 Å². The van der Waals surface area contributed by atoms with Crippen LogP contribution < -0.4 is 5.32 Å². The van der Waals surface area contributed by atoms with E-state index < -0.39 is 28.6 Å². The fourth-order valence-electron chi connectivity index (χ4n) is 2.52. The number of rotatable bonds is 6. The summed E-state index contributed by atoms with van der Waals surface area (Å²) < 4.78 is 39.3. The Labute approximate surface area is 153 Å². The van der Waals surface area contributed by atoms with Crippen molar-refractivity contribution in [2.75, 3.05) is 12.4 Å². The van der Waals surface area contributed by atoms with E-state index in [2.05, 4.69) is 5.32 Å². The Morgan fingerprint density at radius 2 is 1.78 bits per heavy atom. The van der Waals surface area contributed by atoms with Crippen molar-refractivity contribution in [1.29, 1.82) is 0 Å². The number of hydrogen-bond donors (Lipinski definition) is 1. The van der Waals surface area contributed by atoms with Crippen LogP contribution in [0.4, 0.5) is 24.5 Å². The van der Waals surface area contributed by atoms with Crippen LogP contribution in [0.2, 0.25) is 0 Å². The van der Waals surface area contributed by atoms with Crippen LogP contribution in [0, 0.1) is 10.1 Å². The number of alkyl halides is 3. The van der Waals surface area contributed by atoms with Gasteiger partial charge >= 0.3 is 6.18 Å². The van der Waals surface area contributed by atoms with E-state index in [1.165, 1.54) is 61.3 Å². The maximum absolute atomic E-state index is 13.1. The summed E-state index contributed by atoms with van der Waals surface area (Å²) in [5.74, 6) is -0.559. The minimum Gasteiger partial charge on any atom is -0.319 e. The Morgan fingerprint density at radius 3 is 2.41 bits per heavy atom. The number of nitrogens with zero attached hydrogens (tertiary/aromatic N) is 2. The maximum atomic E-state index is 13.1. The molecule has 6 nitrogen and oxygen atoms in total. The monoisotopic (exact) mass is 381 g/mol. The van der Waals surface area contributed by atoms with Crippen molar-refractivity contribution < 1.29 is 22.9 Å². The Morgan fingerprint density at radius 1 is 1.19 bits per heavy atom. The third-order valence-electron chi connectivity index (χ3n) is 4.14. The lowest BCUT2D eigenvalue weighted by atomic mass is 10.1. The number of anilines is 1. The number of nitro benzene ring substituents is 1. The van der Waals surface area contributed by atoms with Crippen LogP contribution in [0.25, 0.3) is 0 Å². The fraction of sp³-hybridized carbons (Fsp3) is 0.278. The molecule has 1 amide bonds. The number of nitro groups is 1. The summed E-state index contributed by atoms with van der Waals surface area (Å²) in [4.78, 5) is 24.2. The molecular weight excluding hydrogens is 363 g/mol. The van der Waals surface area contributed by atoms with E-state index in [1.807, 2.05) is 0 Å². The first-order valence-corrected chi connectivity index (χ1v) is 8.01. The molecular formula is C18H18F3N3O3. The Hall–Kier alpha value is -2.94. The van der Waals surface area contributed by atoms with Gasteiger partial charge in [-0.05, 0) is 31.7 Å². The highest BCUT2D eigenvalue weighted by atomic mass is 19.4. The molecule has 0 heterocycles. The predicted molar refractivity (Wildman–Crippen MR) is 94.1 cm³/mol. The highest BCUT2D eigenvalue weighted by Crippen LogP contribution is 2.32. The van der Waals surface area contributed by atoms with Crippen molar-refractivity contribution in [2.45, 2.75) is 25.7 Å². The first-order valence-electron chi connectivity index (χ1n) is 8.01. The summed E-state index contributed by atoms with van der Waals surface area (Å²) in [6, 6.07) is 9.98. The third-order valence-corrected chi connectivity index (χ3v) is 4.14. The van der Waals surface area contributed by atoms with Crippen LogP contribution in [0.3, 0.4) is 0 Å². The Bertz CT molecular complexity index is 840. The van der Waals surface area contributed by atoms with Crippen LogP contribution in [-0.2, 0) is 17.5 Å². The topological polar surface area (TPSA) is 75.5 Å². The first-order chi connectivity index (χ1) is 12.6. The summed E-state index contributed by atoms with van der Waals surface area (Å²) in [5, 5.41) is 13.5. The molecule has 1 unspecified atom stereocenters. The molecule has 0 aromatic heterocycles. The van der Waals surface area contributed by atoms with Gasteiger partial charge in [0.2, 0.25) is 5.91 Å². The van der Waals surface area contributed by atoms with E-state index in [4.69, 9.17) is 0 Å². The van der Waals surface area contributed by atoms with E-state index in [1.54, 1.807) is 0 Å². The van der Waals surface area contributed by atoms with Gasteiger partial charge < -0.3 is 5.32 Å². The summed E-state index contributed by atoms with van der Waals surface area (Å²) in [6.07, 6.45) is -4.49.